The molecule has 0 amide bonds. The molecule has 7 nitrogen and oxygen atoms in total. The third-order valence-corrected chi connectivity index (χ3v) is 5.39. The first kappa shape index (κ1) is 23.0. The number of ketones is 1. The molecule has 0 spiro atoms. The molecule has 2 aromatic rings. The molecule has 0 aliphatic rings. The average Bonchev–Trinajstić information content (AvgIpc) is 2.75. The van der Waals surface area contributed by atoms with Gasteiger partial charge >= 0.3 is 0 Å². The van der Waals surface area contributed by atoms with E-state index in [1.54, 1.807) is 36.4 Å². The maximum Gasteiger partial charge on any atom is 0.179 e. The number of benzene rings is 2. The lowest BCUT2D eigenvalue weighted by molar-refractivity contribution is -0.112. The summed E-state index contributed by atoms with van der Waals surface area (Å²) in [6, 6.07) is 10.3. The van der Waals surface area contributed by atoms with E-state index in [-0.39, 0.29) is 0 Å². The molecule has 30 heavy (non-hydrogen) atoms. The maximum atomic E-state index is 12.4. The lowest BCUT2D eigenvalue weighted by Gasteiger charge is -2.09. The molecule has 2 aromatic carbocycles. The summed E-state index contributed by atoms with van der Waals surface area (Å²) in [5.74, 6) is 0.647. The Kier molecular flexibility index (Phi) is 8.06. The zero-order valence-corrected chi connectivity index (χ0v) is 18.1. The van der Waals surface area contributed by atoms with Crippen molar-refractivity contribution in [2.45, 2.75) is 0 Å². The molecule has 0 unspecified atom stereocenters. The molecular formula is C22H24O7S. The molecular weight excluding hydrogens is 408 g/mol. The number of sulfone groups is 1. The van der Waals surface area contributed by atoms with E-state index >= 15 is 0 Å². The molecule has 0 heterocycles. The van der Waals surface area contributed by atoms with Crippen LogP contribution in [0.5, 0.6) is 23.0 Å². The number of allylic oxidation sites excluding steroid dienone is 1. The van der Waals surface area contributed by atoms with Crippen LogP contribution in [-0.4, -0.2) is 48.4 Å². The standard InChI is InChI=1S/C22H24O7S/c1-26-19-7-5-8-20(27-2)17(19)12-11-16(23)15-30(24,25)14-13-18-21(28-3)9-6-10-22(18)29-4/h5-14H,15H2,1-4H3/b12-11?,14-13+. The van der Waals surface area contributed by atoms with Gasteiger partial charge in [-0.05, 0) is 42.5 Å². The fraction of sp³-hybridized carbons (Fsp3) is 0.227. The van der Waals surface area contributed by atoms with Gasteiger partial charge in [0.2, 0.25) is 0 Å². The Balaban J connectivity index is 2.20. The number of ether oxygens (including phenoxy) is 4. The molecule has 160 valence electrons. The van der Waals surface area contributed by atoms with Crippen LogP contribution in [0.25, 0.3) is 12.2 Å². The zero-order valence-electron chi connectivity index (χ0n) is 17.2. The minimum atomic E-state index is -3.82. The normalized spacial score (nSPS) is 11.6. The molecule has 0 saturated heterocycles. The monoisotopic (exact) mass is 432 g/mol. The first-order valence-corrected chi connectivity index (χ1v) is 10.6. The largest absolute Gasteiger partial charge is 0.496 e. The highest BCUT2D eigenvalue weighted by atomic mass is 32.2. The highest BCUT2D eigenvalue weighted by Gasteiger charge is 2.14. The highest BCUT2D eigenvalue weighted by Crippen LogP contribution is 2.30. The molecule has 0 N–H and O–H groups in total. The SMILES string of the molecule is COc1cccc(OC)c1C=CC(=O)CS(=O)(=O)/C=C/c1c(OC)cccc1OC. The van der Waals surface area contributed by atoms with Crippen LogP contribution in [0, 0.1) is 0 Å². The predicted octanol–water partition coefficient (Wildman–Crippen LogP) is 3.39. The summed E-state index contributed by atoms with van der Waals surface area (Å²) in [6.07, 6.45) is 4.02. The van der Waals surface area contributed by atoms with Crippen molar-refractivity contribution in [2.75, 3.05) is 34.2 Å². The summed E-state index contributed by atoms with van der Waals surface area (Å²) in [7, 11) is 2.12. The smallest absolute Gasteiger partial charge is 0.179 e. The van der Waals surface area contributed by atoms with Gasteiger partial charge in [0.25, 0.3) is 0 Å². The summed E-state index contributed by atoms with van der Waals surface area (Å²) in [5.41, 5.74) is 1.01. The van der Waals surface area contributed by atoms with Gasteiger partial charge in [-0.3, -0.25) is 4.79 Å². The number of rotatable bonds is 10. The van der Waals surface area contributed by atoms with Gasteiger partial charge < -0.3 is 18.9 Å². The Bertz CT molecular complexity index is 1010. The van der Waals surface area contributed by atoms with E-state index in [0.29, 0.717) is 34.1 Å². The van der Waals surface area contributed by atoms with E-state index in [0.717, 1.165) is 5.41 Å². The van der Waals surface area contributed by atoms with Crippen LogP contribution in [-0.2, 0) is 14.6 Å². The van der Waals surface area contributed by atoms with E-state index in [9.17, 15) is 13.2 Å². The van der Waals surface area contributed by atoms with Gasteiger partial charge in [-0.1, -0.05) is 12.1 Å². The Hall–Kier alpha value is -3.26. The third-order valence-electron chi connectivity index (χ3n) is 4.15. The van der Waals surface area contributed by atoms with Crippen molar-refractivity contribution >= 4 is 27.8 Å². The van der Waals surface area contributed by atoms with Crippen LogP contribution in [0.3, 0.4) is 0 Å². The fourth-order valence-corrected chi connectivity index (χ4v) is 3.66. The van der Waals surface area contributed by atoms with Crippen molar-refractivity contribution in [3.63, 3.8) is 0 Å². The van der Waals surface area contributed by atoms with Gasteiger partial charge in [-0.2, -0.15) is 0 Å². The summed E-state index contributed by atoms with van der Waals surface area (Å²) in [5, 5.41) is 0.975. The van der Waals surface area contributed by atoms with Gasteiger partial charge in [-0.25, -0.2) is 8.42 Å². The number of hydrogen-bond acceptors (Lipinski definition) is 7. The van der Waals surface area contributed by atoms with Crippen LogP contribution >= 0.6 is 0 Å². The molecule has 0 fully saturated rings. The maximum absolute atomic E-state index is 12.4. The molecule has 0 aliphatic carbocycles. The quantitative estimate of drug-likeness (QED) is 0.532. The molecule has 0 atom stereocenters. The minimum Gasteiger partial charge on any atom is -0.496 e. The van der Waals surface area contributed by atoms with Gasteiger partial charge in [0, 0.05) is 5.41 Å². The number of hydrogen-bond donors (Lipinski definition) is 0. The van der Waals surface area contributed by atoms with Gasteiger partial charge in [0.15, 0.2) is 15.6 Å². The van der Waals surface area contributed by atoms with Crippen molar-refractivity contribution in [3.8, 4) is 23.0 Å². The fourth-order valence-electron chi connectivity index (χ4n) is 2.73. The van der Waals surface area contributed by atoms with E-state index in [2.05, 4.69) is 0 Å². The Morgan fingerprint density at radius 2 is 1.17 bits per heavy atom. The Morgan fingerprint density at radius 1 is 0.767 bits per heavy atom. The van der Waals surface area contributed by atoms with Crippen molar-refractivity contribution in [2.24, 2.45) is 0 Å². The third kappa shape index (κ3) is 5.87. The van der Waals surface area contributed by atoms with E-state index < -0.39 is 21.4 Å². The average molecular weight is 432 g/mol. The summed E-state index contributed by atoms with van der Waals surface area (Å²) < 4.78 is 45.8. The number of carbonyl (C=O) groups excluding carboxylic acids is 1. The highest BCUT2D eigenvalue weighted by molar-refractivity contribution is 7.95. The molecule has 0 aliphatic heterocycles. The van der Waals surface area contributed by atoms with Crippen LogP contribution in [0.15, 0.2) is 47.9 Å². The number of carbonyl (C=O) groups is 1. The second-order valence-corrected chi connectivity index (χ2v) is 7.95. The molecule has 8 heteroatoms. The number of methoxy groups -OCH3 is 4. The van der Waals surface area contributed by atoms with Gasteiger partial charge in [-0.15, -0.1) is 0 Å². The van der Waals surface area contributed by atoms with Crippen LogP contribution in [0.2, 0.25) is 0 Å². The first-order valence-electron chi connectivity index (χ1n) is 8.89. The molecule has 0 bridgehead atoms. The van der Waals surface area contributed by atoms with Crippen LogP contribution in [0.4, 0.5) is 0 Å². The second kappa shape index (κ2) is 10.5. The zero-order chi connectivity index (χ0) is 22.1. The van der Waals surface area contributed by atoms with E-state index in [4.69, 9.17) is 18.9 Å². The molecule has 2 rings (SSSR count). The van der Waals surface area contributed by atoms with E-state index in [1.165, 1.54) is 46.7 Å². The lowest BCUT2D eigenvalue weighted by Crippen LogP contribution is -2.11. The van der Waals surface area contributed by atoms with Crippen molar-refractivity contribution in [1.82, 2.24) is 0 Å². The lowest BCUT2D eigenvalue weighted by atomic mass is 10.1. The minimum absolute atomic E-state index is 0.454. The molecule has 0 radical (unpaired) electrons. The van der Waals surface area contributed by atoms with E-state index in [1.807, 2.05) is 0 Å². The molecule has 0 saturated carbocycles. The van der Waals surface area contributed by atoms with Crippen molar-refractivity contribution < 1.29 is 32.2 Å². The summed E-state index contributed by atoms with van der Waals surface area (Å²) in [4.78, 5) is 12.3. The van der Waals surface area contributed by atoms with Gasteiger partial charge in [0.1, 0.15) is 28.8 Å². The predicted molar refractivity (Wildman–Crippen MR) is 116 cm³/mol. The summed E-state index contributed by atoms with van der Waals surface area (Å²) in [6.45, 7) is 0. The Labute approximate surface area is 176 Å². The Morgan fingerprint density at radius 3 is 1.57 bits per heavy atom. The second-order valence-electron chi connectivity index (χ2n) is 6.06. The van der Waals surface area contributed by atoms with Gasteiger partial charge in [0.05, 0.1) is 39.6 Å². The topological polar surface area (TPSA) is 88.1 Å². The molecule has 0 aromatic heterocycles. The van der Waals surface area contributed by atoms with Crippen LogP contribution < -0.4 is 18.9 Å². The first-order chi connectivity index (χ1) is 14.3. The van der Waals surface area contributed by atoms with Crippen molar-refractivity contribution in [1.29, 1.82) is 0 Å². The summed E-state index contributed by atoms with van der Waals surface area (Å²) >= 11 is 0. The van der Waals surface area contributed by atoms with Crippen LogP contribution in [0.1, 0.15) is 11.1 Å². The van der Waals surface area contributed by atoms with Crippen molar-refractivity contribution in [3.05, 3.63) is 59.0 Å².